The number of carbonyl (C=O) groups is 2. The molecular weight excluding hydrogens is 214 g/mol. The second-order valence-electron chi connectivity index (χ2n) is 2.96. The number of esters is 1. The third-order valence-corrected chi connectivity index (χ3v) is 2.04. The van der Waals surface area contributed by atoms with Gasteiger partial charge < -0.3 is 9.84 Å². The van der Waals surface area contributed by atoms with E-state index in [1.54, 1.807) is 0 Å². The SMILES string of the molecule is COC(=O)c1cnn2cnc(C(=O)O)cc12. The summed E-state index contributed by atoms with van der Waals surface area (Å²) in [6.45, 7) is 0. The van der Waals surface area contributed by atoms with E-state index in [0.29, 0.717) is 5.52 Å². The Kier molecular flexibility index (Phi) is 2.28. The van der Waals surface area contributed by atoms with Crippen molar-refractivity contribution in [1.82, 2.24) is 14.6 Å². The zero-order valence-corrected chi connectivity index (χ0v) is 8.25. The summed E-state index contributed by atoms with van der Waals surface area (Å²) < 4.78 is 5.85. The van der Waals surface area contributed by atoms with E-state index in [1.807, 2.05) is 0 Å². The van der Waals surface area contributed by atoms with Gasteiger partial charge in [0, 0.05) is 0 Å². The van der Waals surface area contributed by atoms with Gasteiger partial charge in [-0.3, -0.25) is 0 Å². The zero-order chi connectivity index (χ0) is 11.7. The molecule has 0 fully saturated rings. The molecule has 0 radical (unpaired) electrons. The molecule has 2 heterocycles. The molecule has 2 aromatic rings. The molecule has 0 amide bonds. The number of carboxylic acids is 1. The lowest BCUT2D eigenvalue weighted by Crippen LogP contribution is -2.04. The fourth-order valence-corrected chi connectivity index (χ4v) is 1.28. The highest BCUT2D eigenvalue weighted by molar-refractivity contribution is 5.98. The third kappa shape index (κ3) is 1.48. The highest BCUT2D eigenvalue weighted by atomic mass is 16.5. The topological polar surface area (TPSA) is 93.8 Å². The number of aromatic carboxylic acids is 1. The van der Waals surface area contributed by atoms with Crippen molar-refractivity contribution in [2.45, 2.75) is 0 Å². The molecule has 82 valence electrons. The molecule has 16 heavy (non-hydrogen) atoms. The number of fused-ring (bicyclic) bond motifs is 1. The van der Waals surface area contributed by atoms with E-state index in [0.717, 1.165) is 0 Å². The molecule has 0 bridgehead atoms. The Labute approximate surface area is 89.3 Å². The van der Waals surface area contributed by atoms with Crippen molar-refractivity contribution in [3.8, 4) is 0 Å². The lowest BCUT2D eigenvalue weighted by molar-refractivity contribution is 0.0601. The van der Waals surface area contributed by atoms with Crippen molar-refractivity contribution in [2.75, 3.05) is 7.11 Å². The van der Waals surface area contributed by atoms with Crippen LogP contribution in [0.2, 0.25) is 0 Å². The summed E-state index contributed by atoms with van der Waals surface area (Å²) >= 11 is 0. The Hall–Kier alpha value is -2.44. The quantitative estimate of drug-likeness (QED) is 0.728. The molecule has 1 N–H and O–H groups in total. The van der Waals surface area contributed by atoms with Gasteiger partial charge in [-0.15, -0.1) is 0 Å². The highest BCUT2D eigenvalue weighted by Gasteiger charge is 2.15. The molecule has 2 aromatic heterocycles. The van der Waals surface area contributed by atoms with E-state index in [4.69, 9.17) is 5.11 Å². The van der Waals surface area contributed by atoms with Crippen LogP contribution < -0.4 is 0 Å². The molecule has 0 spiro atoms. The summed E-state index contributed by atoms with van der Waals surface area (Å²) in [6.07, 6.45) is 2.53. The van der Waals surface area contributed by atoms with E-state index in [1.165, 1.54) is 30.2 Å². The lowest BCUT2D eigenvalue weighted by Gasteiger charge is -1.98. The van der Waals surface area contributed by atoms with Crippen LogP contribution in [0.15, 0.2) is 18.6 Å². The van der Waals surface area contributed by atoms with Gasteiger partial charge in [-0.25, -0.2) is 19.1 Å². The van der Waals surface area contributed by atoms with Gasteiger partial charge >= 0.3 is 11.9 Å². The summed E-state index contributed by atoms with van der Waals surface area (Å²) in [5.41, 5.74) is 0.393. The van der Waals surface area contributed by atoms with Crippen molar-refractivity contribution in [1.29, 1.82) is 0 Å². The van der Waals surface area contributed by atoms with Crippen molar-refractivity contribution in [3.63, 3.8) is 0 Å². The zero-order valence-electron chi connectivity index (χ0n) is 8.25. The van der Waals surface area contributed by atoms with E-state index in [-0.39, 0.29) is 11.3 Å². The number of aromatic nitrogens is 3. The maximum Gasteiger partial charge on any atom is 0.354 e. The predicted octanol–water partition coefficient (Wildman–Crippen LogP) is 0.214. The van der Waals surface area contributed by atoms with Gasteiger partial charge in [-0.2, -0.15) is 5.10 Å². The van der Waals surface area contributed by atoms with Gasteiger partial charge in [0.2, 0.25) is 0 Å². The Bertz CT molecular complexity index is 575. The van der Waals surface area contributed by atoms with Crippen LogP contribution >= 0.6 is 0 Å². The predicted molar refractivity (Wildman–Crippen MR) is 51.3 cm³/mol. The molecule has 0 saturated heterocycles. The van der Waals surface area contributed by atoms with E-state index in [2.05, 4.69) is 14.8 Å². The molecule has 7 nitrogen and oxygen atoms in total. The van der Waals surface area contributed by atoms with Crippen molar-refractivity contribution < 1.29 is 19.4 Å². The number of carboxylic acid groups (broad SMARTS) is 1. The molecule has 0 aromatic carbocycles. The third-order valence-electron chi connectivity index (χ3n) is 2.04. The molecule has 0 aliphatic carbocycles. The minimum atomic E-state index is -1.17. The number of hydrogen-bond acceptors (Lipinski definition) is 5. The molecule has 0 atom stereocenters. The molecule has 0 saturated carbocycles. The summed E-state index contributed by atoms with van der Waals surface area (Å²) in [5.74, 6) is -1.74. The lowest BCUT2D eigenvalue weighted by atomic mass is 10.2. The first-order valence-corrected chi connectivity index (χ1v) is 4.28. The van der Waals surface area contributed by atoms with Crippen molar-refractivity contribution >= 4 is 17.5 Å². The van der Waals surface area contributed by atoms with Crippen LogP contribution in [-0.2, 0) is 4.74 Å². The number of hydrogen-bond donors (Lipinski definition) is 1. The first-order chi connectivity index (χ1) is 7.63. The fraction of sp³-hybridized carbons (Fsp3) is 0.111. The molecule has 0 aliphatic heterocycles. The van der Waals surface area contributed by atoms with Crippen LogP contribution in [0.1, 0.15) is 20.8 Å². The number of carbonyl (C=O) groups excluding carboxylic acids is 1. The summed E-state index contributed by atoms with van der Waals surface area (Å²) in [4.78, 5) is 25.7. The van der Waals surface area contributed by atoms with E-state index in [9.17, 15) is 9.59 Å². The van der Waals surface area contributed by atoms with Gasteiger partial charge in [-0.05, 0) is 6.07 Å². The minimum absolute atomic E-state index is 0.154. The van der Waals surface area contributed by atoms with Crippen molar-refractivity contribution in [2.24, 2.45) is 0 Å². The second kappa shape index (κ2) is 3.61. The van der Waals surface area contributed by atoms with Crippen LogP contribution in [-0.4, -0.2) is 38.8 Å². The molecule has 7 heteroatoms. The standard InChI is InChI=1S/C9H7N3O4/c1-16-9(15)5-3-11-12-4-10-6(8(13)14)2-7(5)12/h2-4H,1H3,(H,13,14). The van der Waals surface area contributed by atoms with E-state index < -0.39 is 11.9 Å². The van der Waals surface area contributed by atoms with Crippen LogP contribution in [0.5, 0.6) is 0 Å². The average Bonchev–Trinajstić information content (AvgIpc) is 2.70. The Morgan fingerprint density at radius 3 is 2.88 bits per heavy atom. The maximum atomic E-state index is 11.3. The highest BCUT2D eigenvalue weighted by Crippen LogP contribution is 2.12. The normalized spacial score (nSPS) is 10.3. The molecule has 0 aliphatic rings. The first kappa shape index (κ1) is 10.1. The molecule has 2 rings (SSSR count). The van der Waals surface area contributed by atoms with Crippen LogP contribution in [0.4, 0.5) is 0 Å². The largest absolute Gasteiger partial charge is 0.477 e. The van der Waals surface area contributed by atoms with Gasteiger partial charge in [0.1, 0.15) is 11.9 Å². The van der Waals surface area contributed by atoms with Gasteiger partial charge in [-0.1, -0.05) is 0 Å². The van der Waals surface area contributed by atoms with E-state index >= 15 is 0 Å². The fourth-order valence-electron chi connectivity index (χ4n) is 1.28. The second-order valence-corrected chi connectivity index (χ2v) is 2.96. The number of methoxy groups -OCH3 is 1. The Balaban J connectivity index is 2.64. The average molecular weight is 221 g/mol. The minimum Gasteiger partial charge on any atom is -0.477 e. The molecular formula is C9H7N3O4. The Morgan fingerprint density at radius 1 is 1.50 bits per heavy atom. The number of ether oxygens (including phenoxy) is 1. The van der Waals surface area contributed by atoms with Crippen LogP contribution in [0, 0.1) is 0 Å². The molecule has 0 unspecified atom stereocenters. The summed E-state index contributed by atoms with van der Waals surface area (Å²) in [6, 6.07) is 1.27. The Morgan fingerprint density at radius 2 is 2.25 bits per heavy atom. The van der Waals surface area contributed by atoms with Crippen LogP contribution in [0.3, 0.4) is 0 Å². The summed E-state index contributed by atoms with van der Waals surface area (Å²) in [5, 5.41) is 12.6. The maximum absolute atomic E-state index is 11.3. The smallest absolute Gasteiger partial charge is 0.354 e. The number of rotatable bonds is 2. The monoisotopic (exact) mass is 221 g/mol. The van der Waals surface area contributed by atoms with Gasteiger partial charge in [0.05, 0.1) is 18.8 Å². The van der Waals surface area contributed by atoms with Gasteiger partial charge in [0.25, 0.3) is 0 Å². The number of nitrogens with zero attached hydrogens (tertiary/aromatic N) is 3. The summed E-state index contributed by atoms with van der Waals surface area (Å²) in [7, 11) is 1.24. The van der Waals surface area contributed by atoms with Crippen molar-refractivity contribution in [3.05, 3.63) is 29.8 Å². The first-order valence-electron chi connectivity index (χ1n) is 4.28. The van der Waals surface area contributed by atoms with Gasteiger partial charge in [0.15, 0.2) is 5.69 Å². The van der Waals surface area contributed by atoms with Crippen LogP contribution in [0.25, 0.3) is 5.52 Å².